The van der Waals surface area contributed by atoms with Gasteiger partial charge < -0.3 is 16.4 Å². The summed E-state index contributed by atoms with van der Waals surface area (Å²) in [6.45, 7) is 3.91. The Morgan fingerprint density at radius 2 is 2.21 bits per heavy atom. The number of aromatic nitrogens is 1. The number of carbonyl (C=O) groups is 1. The number of anilines is 2. The van der Waals surface area contributed by atoms with Gasteiger partial charge >= 0.3 is 0 Å². The number of nitrogens with two attached hydrogens (primary N) is 1. The Morgan fingerprint density at radius 3 is 2.88 bits per heavy atom. The molecule has 5 nitrogen and oxygen atoms in total. The summed E-state index contributed by atoms with van der Waals surface area (Å²) in [6, 6.07) is 5.68. The number of benzene rings is 1. The summed E-state index contributed by atoms with van der Waals surface area (Å²) in [6.07, 6.45) is 3.56. The summed E-state index contributed by atoms with van der Waals surface area (Å²) in [7, 11) is 0. The highest BCUT2D eigenvalue weighted by atomic mass is 19.1. The summed E-state index contributed by atoms with van der Waals surface area (Å²) in [5.41, 5.74) is 9.81. The molecule has 6 heteroatoms. The van der Waals surface area contributed by atoms with Crippen molar-refractivity contribution in [3.05, 3.63) is 48.4 Å². The van der Waals surface area contributed by atoms with Crippen LogP contribution in [0, 0.1) is 5.92 Å². The van der Waals surface area contributed by atoms with Crippen LogP contribution in [0.3, 0.4) is 0 Å². The Hall–Kier alpha value is -2.89. The summed E-state index contributed by atoms with van der Waals surface area (Å²) >= 11 is 0. The van der Waals surface area contributed by atoms with Crippen molar-refractivity contribution >= 4 is 33.8 Å². The van der Waals surface area contributed by atoms with E-state index in [1.807, 2.05) is 18.3 Å². The minimum Gasteiger partial charge on any atom is -0.398 e. The van der Waals surface area contributed by atoms with Gasteiger partial charge in [-0.25, -0.2) is 9.37 Å². The molecule has 0 saturated heterocycles. The third-order valence-electron chi connectivity index (χ3n) is 4.39. The number of amides is 1. The zero-order valence-electron chi connectivity index (χ0n) is 13.0. The Kier molecular flexibility index (Phi) is 3.26. The molecule has 0 unspecified atom stereocenters. The highest BCUT2D eigenvalue weighted by molar-refractivity contribution is 5.99. The molecule has 2 atom stereocenters. The molecule has 1 fully saturated rings. The molecule has 4 rings (SSSR count). The minimum absolute atomic E-state index is 0.293. The molecule has 1 saturated carbocycles. The van der Waals surface area contributed by atoms with Gasteiger partial charge in [0.25, 0.3) is 0 Å². The number of alkyl halides is 1. The minimum atomic E-state index is -1.03. The molecule has 4 N–H and O–H groups in total. The molecule has 122 valence electrons. The van der Waals surface area contributed by atoms with E-state index in [0.29, 0.717) is 17.9 Å². The summed E-state index contributed by atoms with van der Waals surface area (Å²) < 4.78 is 13.0. The average Bonchev–Trinajstić information content (AvgIpc) is 3.12. The van der Waals surface area contributed by atoms with Crippen LogP contribution in [0.15, 0.2) is 42.9 Å². The van der Waals surface area contributed by atoms with Gasteiger partial charge in [-0.3, -0.25) is 4.79 Å². The molecule has 2 aliphatic rings. The molecular weight excluding hydrogens is 307 g/mol. The van der Waals surface area contributed by atoms with Gasteiger partial charge in [0.15, 0.2) is 0 Å². The van der Waals surface area contributed by atoms with E-state index < -0.39 is 12.1 Å². The van der Waals surface area contributed by atoms with E-state index in [-0.39, 0.29) is 5.91 Å². The van der Waals surface area contributed by atoms with E-state index in [1.165, 1.54) is 0 Å². The number of nitrogen functional groups attached to an aromatic ring is 1. The van der Waals surface area contributed by atoms with Gasteiger partial charge in [0, 0.05) is 35.6 Å². The molecule has 0 spiro atoms. The monoisotopic (exact) mass is 324 g/mol. The number of hydrogen-bond acceptors (Lipinski definition) is 4. The van der Waals surface area contributed by atoms with Crippen LogP contribution < -0.4 is 16.4 Å². The number of carbonyl (C=O) groups excluding carboxylic acids is 1. The number of pyridine rings is 1. The van der Waals surface area contributed by atoms with Gasteiger partial charge in [-0.05, 0) is 41.1 Å². The lowest BCUT2D eigenvalue weighted by Gasteiger charge is -2.09. The van der Waals surface area contributed by atoms with Crippen LogP contribution in [0.4, 0.5) is 15.9 Å². The van der Waals surface area contributed by atoms with Crippen molar-refractivity contribution in [1.82, 2.24) is 10.3 Å². The van der Waals surface area contributed by atoms with Crippen LogP contribution in [0.25, 0.3) is 16.3 Å². The van der Waals surface area contributed by atoms with E-state index in [9.17, 15) is 9.18 Å². The second-order valence-corrected chi connectivity index (χ2v) is 6.30. The summed E-state index contributed by atoms with van der Waals surface area (Å²) in [5, 5.41) is 7.46. The van der Waals surface area contributed by atoms with Gasteiger partial charge in [0.05, 0.1) is 5.92 Å². The van der Waals surface area contributed by atoms with Gasteiger partial charge in [-0.1, -0.05) is 6.58 Å². The van der Waals surface area contributed by atoms with Gasteiger partial charge in [-0.15, -0.1) is 0 Å². The average molecular weight is 324 g/mol. The normalized spacial score (nSPS) is 22.2. The van der Waals surface area contributed by atoms with E-state index >= 15 is 0 Å². The van der Waals surface area contributed by atoms with Crippen LogP contribution in [0.5, 0.6) is 0 Å². The van der Waals surface area contributed by atoms with Gasteiger partial charge in [0.1, 0.15) is 12.0 Å². The lowest BCUT2D eigenvalue weighted by atomic mass is 10.00. The number of nitrogens with one attached hydrogen (secondary N) is 2. The first-order valence-corrected chi connectivity index (χ1v) is 7.79. The molecule has 1 aromatic carbocycles. The second kappa shape index (κ2) is 5.33. The number of fused-ring (bicyclic) bond motifs is 1. The summed E-state index contributed by atoms with van der Waals surface area (Å²) in [4.78, 5) is 16.1. The Balaban J connectivity index is 1.67. The topological polar surface area (TPSA) is 80.0 Å². The maximum atomic E-state index is 13.0. The summed E-state index contributed by atoms with van der Waals surface area (Å²) in [5.74, 6) is -0.455. The number of hydrogen-bond donors (Lipinski definition) is 3. The first-order valence-electron chi connectivity index (χ1n) is 7.79. The number of rotatable bonds is 3. The van der Waals surface area contributed by atoms with Crippen LogP contribution in [-0.2, 0) is 4.79 Å². The zero-order valence-corrected chi connectivity index (χ0v) is 13.0. The first kappa shape index (κ1) is 14.7. The van der Waals surface area contributed by atoms with Crippen molar-refractivity contribution in [3.8, 4) is 0 Å². The van der Waals surface area contributed by atoms with E-state index in [4.69, 9.17) is 5.73 Å². The molecule has 24 heavy (non-hydrogen) atoms. The maximum Gasteiger partial charge on any atom is 0.231 e. The number of allylic oxidation sites excluding steroid dienone is 1. The third-order valence-corrected chi connectivity index (χ3v) is 4.39. The highest BCUT2D eigenvalue weighted by Gasteiger charge is 2.43. The standard InChI is InChI=1S/C18H17FN4O/c1-9-2-12(7-21-9)10-3-11-5-17(22-8-14(11)16(20)4-10)23-18(24)13-6-15(13)19/h3-5,7-8,13,15,21H,1-2,6,20H2,(H,22,23,24)/t13-,15+/m1/s1. The van der Waals surface area contributed by atoms with Crippen LogP contribution >= 0.6 is 0 Å². The smallest absolute Gasteiger partial charge is 0.231 e. The van der Waals surface area contributed by atoms with E-state index in [2.05, 4.69) is 22.2 Å². The molecule has 0 radical (unpaired) electrons. The molecule has 2 heterocycles. The maximum absolute atomic E-state index is 13.0. The van der Waals surface area contributed by atoms with E-state index in [0.717, 1.165) is 34.0 Å². The van der Waals surface area contributed by atoms with Crippen molar-refractivity contribution in [2.75, 3.05) is 11.1 Å². The van der Waals surface area contributed by atoms with Crippen molar-refractivity contribution < 1.29 is 9.18 Å². The number of halogens is 1. The fourth-order valence-corrected chi connectivity index (χ4v) is 2.90. The molecule has 1 aliphatic carbocycles. The fraction of sp³-hybridized carbons (Fsp3) is 0.222. The lowest BCUT2D eigenvalue weighted by molar-refractivity contribution is -0.117. The second-order valence-electron chi connectivity index (χ2n) is 6.30. The predicted molar refractivity (Wildman–Crippen MR) is 92.7 cm³/mol. The zero-order chi connectivity index (χ0) is 16.8. The Labute approximate surface area is 138 Å². The molecule has 1 aliphatic heterocycles. The molecule has 0 bridgehead atoms. The van der Waals surface area contributed by atoms with Gasteiger partial charge in [0.2, 0.25) is 5.91 Å². The fourth-order valence-electron chi connectivity index (χ4n) is 2.90. The predicted octanol–water partition coefficient (Wildman–Crippen LogP) is 2.96. The van der Waals surface area contributed by atoms with E-state index in [1.54, 1.807) is 12.3 Å². The van der Waals surface area contributed by atoms with Crippen LogP contribution in [-0.4, -0.2) is 17.1 Å². The molecule has 1 amide bonds. The van der Waals surface area contributed by atoms with Gasteiger partial charge in [-0.2, -0.15) is 0 Å². The molecule has 1 aromatic heterocycles. The third kappa shape index (κ3) is 2.60. The van der Waals surface area contributed by atoms with Crippen LogP contribution in [0.2, 0.25) is 0 Å². The Bertz CT molecular complexity index is 905. The lowest BCUT2D eigenvalue weighted by Crippen LogP contribution is -2.15. The quantitative estimate of drug-likeness (QED) is 0.758. The Morgan fingerprint density at radius 1 is 1.42 bits per heavy atom. The molecule has 2 aromatic rings. The van der Waals surface area contributed by atoms with Crippen LogP contribution in [0.1, 0.15) is 18.4 Å². The first-order chi connectivity index (χ1) is 11.5. The molecular formula is C18H17FN4O. The van der Waals surface area contributed by atoms with Crippen molar-refractivity contribution in [2.45, 2.75) is 19.0 Å². The van der Waals surface area contributed by atoms with Crippen molar-refractivity contribution in [1.29, 1.82) is 0 Å². The van der Waals surface area contributed by atoms with Crippen molar-refractivity contribution in [3.63, 3.8) is 0 Å². The highest BCUT2D eigenvalue weighted by Crippen LogP contribution is 2.35. The SMILES string of the molecule is C=C1CC(c2cc(N)c3cnc(NC(=O)[C@@H]4C[C@@H]4F)cc3c2)=CN1. The van der Waals surface area contributed by atoms with Crippen molar-refractivity contribution in [2.24, 2.45) is 5.92 Å². The largest absolute Gasteiger partial charge is 0.398 e. The number of nitrogens with zero attached hydrogens (tertiary/aromatic N) is 1.